The average molecular weight is 296 g/mol. The number of benzene rings is 2. The van der Waals surface area contributed by atoms with Gasteiger partial charge in [0.25, 0.3) is 0 Å². The molecule has 0 aliphatic rings. The van der Waals surface area contributed by atoms with Crippen molar-refractivity contribution in [3.8, 4) is 11.1 Å². The smallest absolute Gasteiger partial charge is 0.131 e. The van der Waals surface area contributed by atoms with Crippen molar-refractivity contribution >= 4 is 11.6 Å². The molecule has 0 bridgehead atoms. The third kappa shape index (κ3) is 3.17. The van der Waals surface area contributed by atoms with Crippen LogP contribution in [0.3, 0.4) is 0 Å². The van der Waals surface area contributed by atoms with Gasteiger partial charge in [-0.05, 0) is 54.4 Å². The van der Waals surface area contributed by atoms with Crippen LogP contribution in [0, 0.1) is 18.6 Å². The van der Waals surface area contributed by atoms with Crippen molar-refractivity contribution in [1.29, 1.82) is 0 Å². The van der Waals surface area contributed by atoms with E-state index in [0.717, 1.165) is 12.1 Å². The van der Waals surface area contributed by atoms with E-state index in [1.807, 2.05) is 13.0 Å². The highest BCUT2D eigenvalue weighted by Crippen LogP contribution is 2.30. The van der Waals surface area contributed by atoms with Crippen molar-refractivity contribution in [3.05, 3.63) is 58.1 Å². The number of hydrogen-bond donors (Lipinski definition) is 1. The van der Waals surface area contributed by atoms with Gasteiger partial charge in [0.2, 0.25) is 0 Å². The molecule has 20 heavy (non-hydrogen) atoms. The molecule has 1 nitrogen and oxygen atoms in total. The minimum Gasteiger partial charge on any atom is -0.313 e. The van der Waals surface area contributed by atoms with E-state index in [-0.39, 0.29) is 5.56 Å². The Bertz CT molecular complexity index is 626. The largest absolute Gasteiger partial charge is 0.313 e. The molecule has 0 saturated heterocycles. The molecule has 0 aliphatic heterocycles. The first-order chi connectivity index (χ1) is 9.52. The van der Waals surface area contributed by atoms with Crippen molar-refractivity contribution in [1.82, 2.24) is 5.32 Å². The highest BCUT2D eigenvalue weighted by Gasteiger charge is 2.13. The maximum atomic E-state index is 14.1. The first-order valence-corrected chi connectivity index (χ1v) is 6.86. The monoisotopic (exact) mass is 295 g/mol. The van der Waals surface area contributed by atoms with Crippen LogP contribution in [0.2, 0.25) is 5.02 Å². The van der Waals surface area contributed by atoms with Gasteiger partial charge >= 0.3 is 0 Å². The Morgan fingerprint density at radius 2 is 1.80 bits per heavy atom. The first kappa shape index (κ1) is 14.9. The summed E-state index contributed by atoms with van der Waals surface area (Å²) in [5, 5.41) is 3.68. The van der Waals surface area contributed by atoms with Crippen LogP contribution < -0.4 is 5.32 Å². The lowest BCUT2D eigenvalue weighted by atomic mass is 9.98. The SMILES string of the molecule is CCNCc1ccc(Cl)cc1-c1cc(F)c(C)cc1F. The molecule has 0 spiro atoms. The zero-order valence-electron chi connectivity index (χ0n) is 11.4. The normalized spacial score (nSPS) is 10.8. The number of nitrogens with one attached hydrogen (secondary N) is 1. The quantitative estimate of drug-likeness (QED) is 0.862. The second kappa shape index (κ2) is 6.33. The molecular formula is C16H16ClF2N. The Balaban J connectivity index is 2.55. The van der Waals surface area contributed by atoms with Crippen LogP contribution in [0.4, 0.5) is 8.78 Å². The molecule has 0 atom stereocenters. The third-order valence-electron chi connectivity index (χ3n) is 3.18. The van der Waals surface area contributed by atoms with Gasteiger partial charge in [-0.1, -0.05) is 24.6 Å². The van der Waals surface area contributed by atoms with Gasteiger partial charge in [0.1, 0.15) is 11.6 Å². The fourth-order valence-electron chi connectivity index (χ4n) is 2.07. The van der Waals surface area contributed by atoms with E-state index in [9.17, 15) is 8.78 Å². The predicted octanol–water partition coefficient (Wildman–Crippen LogP) is 4.70. The van der Waals surface area contributed by atoms with Gasteiger partial charge in [-0.15, -0.1) is 0 Å². The lowest BCUT2D eigenvalue weighted by Gasteiger charge is -2.12. The van der Waals surface area contributed by atoms with Crippen LogP contribution >= 0.6 is 11.6 Å². The molecule has 0 aromatic heterocycles. The Morgan fingerprint density at radius 1 is 1.05 bits per heavy atom. The van der Waals surface area contributed by atoms with E-state index in [0.29, 0.717) is 22.7 Å². The van der Waals surface area contributed by atoms with Crippen molar-refractivity contribution < 1.29 is 8.78 Å². The maximum absolute atomic E-state index is 14.1. The standard InChI is InChI=1S/C16H16ClF2N/c1-3-20-9-11-4-5-12(17)7-13(11)14-8-15(18)10(2)6-16(14)19/h4-8,20H,3,9H2,1-2H3. The van der Waals surface area contributed by atoms with Gasteiger partial charge in [0.15, 0.2) is 0 Å². The van der Waals surface area contributed by atoms with Crippen LogP contribution in [0.15, 0.2) is 30.3 Å². The van der Waals surface area contributed by atoms with Gasteiger partial charge in [-0.25, -0.2) is 8.78 Å². The van der Waals surface area contributed by atoms with Crippen LogP contribution in [0.5, 0.6) is 0 Å². The molecule has 0 saturated carbocycles. The number of halogens is 3. The molecule has 106 valence electrons. The second-order valence-electron chi connectivity index (χ2n) is 4.66. The second-order valence-corrected chi connectivity index (χ2v) is 5.10. The fourth-order valence-corrected chi connectivity index (χ4v) is 2.24. The number of aryl methyl sites for hydroxylation is 1. The molecule has 0 aliphatic carbocycles. The van der Waals surface area contributed by atoms with Crippen LogP contribution in [0.1, 0.15) is 18.1 Å². The van der Waals surface area contributed by atoms with E-state index in [4.69, 9.17) is 11.6 Å². The summed E-state index contributed by atoms with van der Waals surface area (Å²) in [6, 6.07) is 7.69. The summed E-state index contributed by atoms with van der Waals surface area (Å²) in [6.07, 6.45) is 0. The summed E-state index contributed by atoms with van der Waals surface area (Å²) in [5.74, 6) is -0.861. The van der Waals surface area contributed by atoms with Crippen LogP contribution in [-0.2, 0) is 6.54 Å². The maximum Gasteiger partial charge on any atom is 0.131 e. The third-order valence-corrected chi connectivity index (χ3v) is 3.41. The molecule has 0 heterocycles. The lowest BCUT2D eigenvalue weighted by Crippen LogP contribution is -2.12. The molecule has 0 fully saturated rings. The van der Waals surface area contributed by atoms with E-state index in [1.165, 1.54) is 12.1 Å². The first-order valence-electron chi connectivity index (χ1n) is 6.48. The zero-order valence-corrected chi connectivity index (χ0v) is 12.2. The number of hydrogen-bond acceptors (Lipinski definition) is 1. The van der Waals surface area contributed by atoms with Gasteiger partial charge in [-0.2, -0.15) is 0 Å². The van der Waals surface area contributed by atoms with Crippen molar-refractivity contribution in [3.63, 3.8) is 0 Å². The van der Waals surface area contributed by atoms with Crippen molar-refractivity contribution in [2.24, 2.45) is 0 Å². The molecule has 2 rings (SSSR count). The Hall–Kier alpha value is -1.45. The fraction of sp³-hybridized carbons (Fsp3) is 0.250. The van der Waals surface area contributed by atoms with Gasteiger partial charge in [0, 0.05) is 17.1 Å². The Labute approximate surface area is 122 Å². The van der Waals surface area contributed by atoms with E-state index < -0.39 is 11.6 Å². The molecule has 2 aromatic carbocycles. The molecule has 2 aromatic rings. The highest BCUT2D eigenvalue weighted by atomic mass is 35.5. The summed E-state index contributed by atoms with van der Waals surface area (Å²) in [7, 11) is 0. The summed E-state index contributed by atoms with van der Waals surface area (Å²) in [6.45, 7) is 4.91. The summed E-state index contributed by atoms with van der Waals surface area (Å²) in [5.41, 5.74) is 2.04. The molecule has 1 N–H and O–H groups in total. The van der Waals surface area contributed by atoms with Gasteiger partial charge < -0.3 is 5.32 Å². The molecule has 0 amide bonds. The molecule has 4 heteroatoms. The molecule has 0 radical (unpaired) electrons. The molecular weight excluding hydrogens is 280 g/mol. The van der Waals surface area contributed by atoms with E-state index in [1.54, 1.807) is 19.1 Å². The van der Waals surface area contributed by atoms with Gasteiger partial charge in [-0.3, -0.25) is 0 Å². The summed E-state index contributed by atoms with van der Waals surface area (Å²) < 4.78 is 27.8. The summed E-state index contributed by atoms with van der Waals surface area (Å²) in [4.78, 5) is 0. The number of rotatable bonds is 4. The van der Waals surface area contributed by atoms with Gasteiger partial charge in [0.05, 0.1) is 0 Å². The minimum atomic E-state index is -0.441. The topological polar surface area (TPSA) is 12.0 Å². The van der Waals surface area contributed by atoms with E-state index in [2.05, 4.69) is 5.32 Å². The highest BCUT2D eigenvalue weighted by molar-refractivity contribution is 6.30. The minimum absolute atomic E-state index is 0.239. The van der Waals surface area contributed by atoms with E-state index >= 15 is 0 Å². The lowest BCUT2D eigenvalue weighted by molar-refractivity contribution is 0.595. The van der Waals surface area contributed by atoms with Crippen molar-refractivity contribution in [2.45, 2.75) is 20.4 Å². The zero-order chi connectivity index (χ0) is 14.7. The molecule has 0 unspecified atom stereocenters. The average Bonchev–Trinajstić information content (AvgIpc) is 2.41. The summed E-state index contributed by atoms with van der Waals surface area (Å²) >= 11 is 5.99. The Kier molecular flexibility index (Phi) is 4.73. The Morgan fingerprint density at radius 3 is 2.50 bits per heavy atom. The van der Waals surface area contributed by atoms with Crippen LogP contribution in [0.25, 0.3) is 11.1 Å². The van der Waals surface area contributed by atoms with Crippen LogP contribution in [-0.4, -0.2) is 6.54 Å². The van der Waals surface area contributed by atoms with Crippen molar-refractivity contribution in [2.75, 3.05) is 6.54 Å². The predicted molar refractivity (Wildman–Crippen MR) is 78.9 cm³/mol.